The Morgan fingerprint density at radius 1 is 1.50 bits per heavy atom. The topological polar surface area (TPSA) is 94.8 Å². The highest BCUT2D eigenvalue weighted by atomic mass is 31.2. The third-order valence-corrected chi connectivity index (χ3v) is 1.29. The normalized spacial score (nSPS) is 12.2. The van der Waals surface area contributed by atoms with E-state index in [9.17, 15) is 9.36 Å². The minimum Gasteiger partial charge on any atom is -0.478 e. The van der Waals surface area contributed by atoms with Gasteiger partial charge in [0.15, 0.2) is 0 Å². The third kappa shape index (κ3) is 7.36. The zero-order valence-electron chi connectivity index (χ0n) is 4.97. The molecule has 0 unspecified atom stereocenters. The monoisotopic (exact) mass is 166 g/mol. The Morgan fingerprint density at radius 2 is 2.00 bits per heavy atom. The molecule has 0 atom stereocenters. The maximum atomic E-state index is 10.1. The lowest BCUT2D eigenvalue weighted by Crippen LogP contribution is -1.88. The van der Waals surface area contributed by atoms with Crippen molar-refractivity contribution in [3.8, 4) is 0 Å². The highest BCUT2D eigenvalue weighted by Crippen LogP contribution is 2.33. The van der Waals surface area contributed by atoms with Crippen LogP contribution < -0.4 is 0 Å². The number of aliphatic carboxylic acids is 1. The van der Waals surface area contributed by atoms with Gasteiger partial charge in [-0.25, -0.2) is 4.79 Å². The number of carbonyl (C=O) groups is 1. The van der Waals surface area contributed by atoms with Crippen molar-refractivity contribution in [2.75, 3.05) is 6.16 Å². The zero-order chi connectivity index (χ0) is 8.20. The van der Waals surface area contributed by atoms with E-state index in [0.29, 0.717) is 6.08 Å². The van der Waals surface area contributed by atoms with Crippen LogP contribution in [0.25, 0.3) is 0 Å². The number of allylic oxidation sites excluding steroid dienone is 1. The van der Waals surface area contributed by atoms with Crippen LogP contribution in [0.2, 0.25) is 0 Å². The van der Waals surface area contributed by atoms with E-state index >= 15 is 0 Å². The molecule has 0 bridgehead atoms. The smallest absolute Gasteiger partial charge is 0.329 e. The van der Waals surface area contributed by atoms with E-state index in [-0.39, 0.29) is 0 Å². The lowest BCUT2D eigenvalue weighted by molar-refractivity contribution is -0.131. The molecular formula is C4H7O5P. The standard InChI is InChI=1S/C4H7O5P/c5-4(6)2-1-3-10(7,8)9/h1-2H,3H2,(H,5,6)(H2,7,8,9)/b2-1+. The van der Waals surface area contributed by atoms with E-state index in [1.807, 2.05) is 0 Å². The van der Waals surface area contributed by atoms with E-state index in [1.54, 1.807) is 0 Å². The first kappa shape index (κ1) is 9.36. The fourth-order valence-corrected chi connectivity index (χ4v) is 0.671. The van der Waals surface area contributed by atoms with Crippen molar-refractivity contribution in [2.24, 2.45) is 0 Å². The summed E-state index contributed by atoms with van der Waals surface area (Å²) >= 11 is 0. The van der Waals surface area contributed by atoms with Gasteiger partial charge >= 0.3 is 13.6 Å². The summed E-state index contributed by atoms with van der Waals surface area (Å²) in [4.78, 5) is 26.1. The van der Waals surface area contributed by atoms with Crippen molar-refractivity contribution < 1.29 is 24.3 Å². The fourth-order valence-electron chi connectivity index (χ4n) is 0.291. The van der Waals surface area contributed by atoms with Crippen molar-refractivity contribution in [3.63, 3.8) is 0 Å². The van der Waals surface area contributed by atoms with Gasteiger partial charge < -0.3 is 14.9 Å². The molecule has 0 amide bonds. The Morgan fingerprint density at radius 3 is 2.30 bits per heavy atom. The summed E-state index contributed by atoms with van der Waals surface area (Å²) in [6.45, 7) is 0. The molecule has 3 N–H and O–H groups in total. The van der Waals surface area contributed by atoms with Crippen LogP contribution in [0.4, 0.5) is 0 Å². The van der Waals surface area contributed by atoms with Crippen molar-refractivity contribution in [1.82, 2.24) is 0 Å². The van der Waals surface area contributed by atoms with Crippen LogP contribution in [0.5, 0.6) is 0 Å². The van der Waals surface area contributed by atoms with Crippen molar-refractivity contribution >= 4 is 13.6 Å². The van der Waals surface area contributed by atoms with E-state index in [2.05, 4.69) is 0 Å². The molecule has 0 aliphatic rings. The molecule has 0 fully saturated rings. The third-order valence-electron chi connectivity index (χ3n) is 0.604. The second-order valence-corrected chi connectivity index (χ2v) is 3.28. The van der Waals surface area contributed by atoms with Gasteiger partial charge in [0.05, 0.1) is 6.16 Å². The average Bonchev–Trinajstić information content (AvgIpc) is 1.59. The van der Waals surface area contributed by atoms with Gasteiger partial charge in [0.1, 0.15) is 0 Å². The number of hydrogen-bond donors (Lipinski definition) is 3. The van der Waals surface area contributed by atoms with Crippen LogP contribution >= 0.6 is 7.60 Å². The molecule has 0 saturated carbocycles. The minimum absolute atomic E-state index is 0.528. The van der Waals surface area contributed by atoms with Gasteiger partial charge in [0, 0.05) is 6.08 Å². The Hall–Kier alpha value is -0.640. The van der Waals surface area contributed by atoms with E-state index in [4.69, 9.17) is 14.9 Å². The first-order valence-corrected chi connectivity index (χ1v) is 4.15. The maximum Gasteiger partial charge on any atom is 0.329 e. The first-order valence-electron chi connectivity index (χ1n) is 2.36. The molecule has 0 rings (SSSR count). The molecule has 0 radical (unpaired) electrons. The second-order valence-electron chi connectivity index (χ2n) is 1.59. The predicted octanol–water partition coefficient (Wildman–Crippen LogP) is -0.195. The minimum atomic E-state index is -4.07. The van der Waals surface area contributed by atoms with Crippen LogP contribution in [0.1, 0.15) is 0 Å². The average molecular weight is 166 g/mol. The van der Waals surface area contributed by atoms with Gasteiger partial charge in [0.2, 0.25) is 0 Å². The van der Waals surface area contributed by atoms with Gasteiger partial charge in [-0.2, -0.15) is 0 Å². The highest BCUT2D eigenvalue weighted by Gasteiger charge is 2.08. The van der Waals surface area contributed by atoms with Crippen LogP contribution in [-0.4, -0.2) is 27.0 Å². The van der Waals surface area contributed by atoms with Gasteiger partial charge in [-0.3, -0.25) is 4.57 Å². The molecule has 6 heteroatoms. The SMILES string of the molecule is O=C(O)/C=C/CP(=O)(O)O. The molecule has 10 heavy (non-hydrogen) atoms. The van der Waals surface area contributed by atoms with Crippen LogP contribution in [0.3, 0.4) is 0 Å². The van der Waals surface area contributed by atoms with Crippen LogP contribution in [0, 0.1) is 0 Å². The van der Waals surface area contributed by atoms with E-state index in [1.165, 1.54) is 0 Å². The number of hydrogen-bond acceptors (Lipinski definition) is 2. The predicted molar refractivity (Wildman–Crippen MR) is 33.7 cm³/mol. The van der Waals surface area contributed by atoms with Crippen molar-refractivity contribution in [2.45, 2.75) is 0 Å². The van der Waals surface area contributed by atoms with Crippen LogP contribution in [-0.2, 0) is 9.36 Å². The molecule has 0 aliphatic carbocycles. The fraction of sp³-hybridized carbons (Fsp3) is 0.250. The number of carboxylic acids is 1. The van der Waals surface area contributed by atoms with Crippen LogP contribution in [0.15, 0.2) is 12.2 Å². The van der Waals surface area contributed by atoms with Gasteiger partial charge in [-0.05, 0) is 0 Å². The molecule has 0 saturated heterocycles. The van der Waals surface area contributed by atoms with Gasteiger partial charge in [-0.1, -0.05) is 6.08 Å². The molecule has 0 aliphatic heterocycles. The lowest BCUT2D eigenvalue weighted by atomic mass is 10.5. The summed E-state index contributed by atoms with van der Waals surface area (Å²) in [6.07, 6.45) is 1.08. The molecule has 5 nitrogen and oxygen atoms in total. The second kappa shape index (κ2) is 3.51. The van der Waals surface area contributed by atoms with Crippen molar-refractivity contribution in [1.29, 1.82) is 0 Å². The summed E-state index contributed by atoms with van der Waals surface area (Å²) in [7, 11) is -4.07. The largest absolute Gasteiger partial charge is 0.478 e. The Bertz CT molecular complexity index is 190. The summed E-state index contributed by atoms with van der Waals surface area (Å²) in [5.74, 6) is -1.21. The summed E-state index contributed by atoms with van der Waals surface area (Å²) in [5.41, 5.74) is 0. The van der Waals surface area contributed by atoms with E-state index in [0.717, 1.165) is 6.08 Å². The lowest BCUT2D eigenvalue weighted by Gasteiger charge is -1.95. The summed E-state index contributed by atoms with van der Waals surface area (Å²) < 4.78 is 10.1. The molecule has 0 spiro atoms. The first-order chi connectivity index (χ1) is 4.42. The molecule has 0 aromatic carbocycles. The summed E-state index contributed by atoms with van der Waals surface area (Å²) in [5, 5.41) is 7.97. The number of carboxylic acid groups (broad SMARTS) is 1. The molecular weight excluding hydrogens is 159 g/mol. The molecule has 0 heterocycles. The Kier molecular flexibility index (Phi) is 3.28. The molecule has 0 aromatic rings. The zero-order valence-corrected chi connectivity index (χ0v) is 5.86. The maximum absolute atomic E-state index is 10.1. The number of rotatable bonds is 3. The molecule has 58 valence electrons. The highest BCUT2D eigenvalue weighted by molar-refractivity contribution is 7.51. The van der Waals surface area contributed by atoms with Crippen molar-refractivity contribution in [3.05, 3.63) is 12.2 Å². The summed E-state index contributed by atoms with van der Waals surface area (Å²) in [6, 6.07) is 0. The molecule has 0 aromatic heterocycles. The van der Waals surface area contributed by atoms with Gasteiger partial charge in [0.25, 0.3) is 0 Å². The Labute approximate surface area is 57.2 Å². The van der Waals surface area contributed by atoms with Gasteiger partial charge in [-0.15, -0.1) is 0 Å². The van der Waals surface area contributed by atoms with E-state index < -0.39 is 19.7 Å². The Balaban J connectivity index is 3.76. The quantitative estimate of drug-likeness (QED) is 0.398.